The van der Waals surface area contributed by atoms with Crippen LogP contribution in [0.2, 0.25) is 0 Å². The standard InChI is InChI=1S/C25H35F3N6O2/c1-15(35)29-12-16-9-18(22(17-5-3-6-17)23-31-30-14-32(23)2)11-19(10-16)34-13-21-20(25(26,27)28)7-4-8-33(21)24(34)36/h4,7-8,13,16-19,22-23,30-31H,3,5-6,9-12,14H2,1-2H3,(H,29,35)/t16?,18?,19?,22-,23?/m0/s1. The third kappa shape index (κ3) is 4.80. The van der Waals surface area contributed by atoms with Crippen LogP contribution in [0.5, 0.6) is 0 Å². The van der Waals surface area contributed by atoms with Gasteiger partial charge in [0, 0.05) is 31.9 Å². The van der Waals surface area contributed by atoms with Gasteiger partial charge in [0.1, 0.15) is 0 Å². The van der Waals surface area contributed by atoms with E-state index in [1.165, 1.54) is 49.2 Å². The maximum Gasteiger partial charge on any atom is 0.418 e. The molecule has 5 rings (SSSR count). The van der Waals surface area contributed by atoms with E-state index in [1.807, 2.05) is 0 Å². The number of aromatic nitrogens is 2. The lowest BCUT2D eigenvalue weighted by molar-refractivity contribution is -0.136. The second kappa shape index (κ2) is 9.83. The van der Waals surface area contributed by atoms with Gasteiger partial charge in [-0.2, -0.15) is 13.2 Å². The molecule has 1 saturated heterocycles. The van der Waals surface area contributed by atoms with Crippen LogP contribution in [0.3, 0.4) is 0 Å². The van der Waals surface area contributed by atoms with E-state index in [2.05, 4.69) is 28.1 Å². The van der Waals surface area contributed by atoms with Gasteiger partial charge >= 0.3 is 11.9 Å². The van der Waals surface area contributed by atoms with Crippen molar-refractivity contribution in [2.24, 2.45) is 23.7 Å². The van der Waals surface area contributed by atoms with Crippen LogP contribution in [0.4, 0.5) is 13.2 Å². The number of halogens is 3. The molecule has 8 nitrogen and oxygen atoms in total. The molecule has 5 atom stereocenters. The average Bonchev–Trinajstić information content (AvgIpc) is 3.36. The first-order valence-electron chi connectivity index (χ1n) is 12.9. The fraction of sp³-hybridized carbons (Fsp3) is 0.680. The summed E-state index contributed by atoms with van der Waals surface area (Å²) in [6.45, 7) is 2.73. The fourth-order valence-electron chi connectivity index (χ4n) is 6.68. The molecule has 0 aromatic carbocycles. The number of imidazole rings is 1. The zero-order chi connectivity index (χ0) is 25.6. The zero-order valence-electron chi connectivity index (χ0n) is 20.7. The van der Waals surface area contributed by atoms with Gasteiger partial charge in [0.25, 0.3) is 0 Å². The summed E-state index contributed by atoms with van der Waals surface area (Å²) >= 11 is 0. The second-order valence-electron chi connectivity index (χ2n) is 10.9. The SMILES string of the molecule is CC(=O)NCC1CC([C@H](C2CCC2)C2NNCN2C)CC(n2cc3c(C(F)(F)F)cccn3c2=O)C1. The highest BCUT2D eigenvalue weighted by atomic mass is 19.4. The summed E-state index contributed by atoms with van der Waals surface area (Å²) in [6, 6.07) is 2.05. The molecule has 11 heteroatoms. The van der Waals surface area contributed by atoms with Gasteiger partial charge in [0.05, 0.1) is 23.9 Å². The van der Waals surface area contributed by atoms with Crippen LogP contribution in [0.1, 0.15) is 57.1 Å². The Morgan fingerprint density at radius 3 is 2.61 bits per heavy atom. The largest absolute Gasteiger partial charge is 0.418 e. The number of hydrazine groups is 1. The summed E-state index contributed by atoms with van der Waals surface area (Å²) in [5, 5.41) is 2.93. The van der Waals surface area contributed by atoms with Crippen molar-refractivity contribution >= 4 is 11.4 Å². The normalized spacial score (nSPS) is 28.8. The lowest BCUT2D eigenvalue weighted by Gasteiger charge is -2.47. The molecule has 1 amide bonds. The van der Waals surface area contributed by atoms with Gasteiger partial charge in [-0.1, -0.05) is 19.3 Å². The molecule has 3 aliphatic rings. The molecule has 3 heterocycles. The van der Waals surface area contributed by atoms with E-state index in [4.69, 9.17) is 0 Å². The minimum Gasteiger partial charge on any atom is -0.356 e. The molecule has 198 valence electrons. The van der Waals surface area contributed by atoms with Crippen LogP contribution in [-0.2, 0) is 11.0 Å². The molecular formula is C25H35F3N6O2. The Hall–Kier alpha value is -2.37. The topological polar surface area (TPSA) is 82.8 Å². The molecule has 3 fully saturated rings. The summed E-state index contributed by atoms with van der Waals surface area (Å²) in [5.74, 6) is 1.21. The van der Waals surface area contributed by atoms with Gasteiger partial charge in [0.2, 0.25) is 5.91 Å². The number of nitrogens with zero attached hydrogens (tertiary/aromatic N) is 3. The Morgan fingerprint density at radius 2 is 2.00 bits per heavy atom. The van der Waals surface area contributed by atoms with Crippen LogP contribution in [0.25, 0.3) is 5.52 Å². The lowest BCUT2D eigenvalue weighted by Crippen LogP contribution is -2.51. The molecular weight excluding hydrogens is 473 g/mol. The highest BCUT2D eigenvalue weighted by molar-refractivity contribution is 5.72. The summed E-state index contributed by atoms with van der Waals surface area (Å²) in [6.07, 6.45) is 4.21. The Morgan fingerprint density at radius 1 is 1.22 bits per heavy atom. The number of amides is 1. The summed E-state index contributed by atoms with van der Waals surface area (Å²) in [4.78, 5) is 27.3. The predicted molar refractivity (Wildman–Crippen MR) is 129 cm³/mol. The van der Waals surface area contributed by atoms with Crippen molar-refractivity contribution in [1.29, 1.82) is 0 Å². The number of nitrogens with one attached hydrogen (secondary N) is 3. The number of carbonyl (C=O) groups is 1. The maximum atomic E-state index is 13.7. The average molecular weight is 509 g/mol. The minimum atomic E-state index is -4.55. The Balaban J connectivity index is 1.51. The van der Waals surface area contributed by atoms with E-state index in [9.17, 15) is 22.8 Å². The molecule has 2 aromatic rings. The van der Waals surface area contributed by atoms with Gasteiger partial charge in [-0.3, -0.25) is 18.7 Å². The molecule has 2 saturated carbocycles. The quantitative estimate of drug-likeness (QED) is 0.559. The third-order valence-electron chi connectivity index (χ3n) is 8.53. The number of pyridine rings is 1. The van der Waals surface area contributed by atoms with E-state index in [-0.39, 0.29) is 35.5 Å². The van der Waals surface area contributed by atoms with Gasteiger partial charge in [-0.25, -0.2) is 15.6 Å². The van der Waals surface area contributed by atoms with Crippen LogP contribution in [0, 0.1) is 23.7 Å². The van der Waals surface area contributed by atoms with E-state index in [0.29, 0.717) is 24.8 Å². The van der Waals surface area contributed by atoms with Gasteiger partial charge < -0.3 is 5.32 Å². The smallest absolute Gasteiger partial charge is 0.356 e. The van der Waals surface area contributed by atoms with E-state index >= 15 is 0 Å². The minimum absolute atomic E-state index is 0.104. The third-order valence-corrected chi connectivity index (χ3v) is 8.53. The lowest BCUT2D eigenvalue weighted by atomic mass is 9.63. The van der Waals surface area contributed by atoms with Crippen molar-refractivity contribution in [3.05, 3.63) is 40.6 Å². The first kappa shape index (κ1) is 25.3. The molecule has 2 aromatic heterocycles. The number of alkyl halides is 3. The molecule has 0 spiro atoms. The molecule has 4 unspecified atom stereocenters. The van der Waals surface area contributed by atoms with E-state index in [0.717, 1.165) is 30.0 Å². The second-order valence-corrected chi connectivity index (χ2v) is 10.9. The van der Waals surface area contributed by atoms with Crippen LogP contribution in [-0.4, -0.2) is 46.2 Å². The van der Waals surface area contributed by atoms with Crippen molar-refractivity contribution in [1.82, 2.24) is 30.0 Å². The summed E-state index contributed by atoms with van der Waals surface area (Å²) in [7, 11) is 2.09. The number of hydrogen-bond donors (Lipinski definition) is 3. The van der Waals surface area contributed by atoms with Crippen molar-refractivity contribution in [3.8, 4) is 0 Å². The van der Waals surface area contributed by atoms with Crippen LogP contribution < -0.4 is 21.9 Å². The number of hydrogen-bond acceptors (Lipinski definition) is 5. The first-order valence-corrected chi connectivity index (χ1v) is 12.9. The van der Waals surface area contributed by atoms with Crippen LogP contribution >= 0.6 is 0 Å². The molecule has 3 N–H and O–H groups in total. The van der Waals surface area contributed by atoms with Gasteiger partial charge in [-0.05, 0) is 62.1 Å². The number of carbonyl (C=O) groups excluding carboxylic acids is 1. The molecule has 0 bridgehead atoms. The summed E-state index contributed by atoms with van der Waals surface area (Å²) < 4.78 is 43.6. The van der Waals surface area contributed by atoms with E-state index in [1.54, 1.807) is 0 Å². The maximum absolute atomic E-state index is 13.7. The van der Waals surface area contributed by atoms with Crippen LogP contribution in [0.15, 0.2) is 29.3 Å². The van der Waals surface area contributed by atoms with Crippen molar-refractivity contribution in [2.45, 2.75) is 63.8 Å². The summed E-state index contributed by atoms with van der Waals surface area (Å²) in [5.41, 5.74) is 5.31. The highest BCUT2D eigenvalue weighted by Crippen LogP contribution is 2.48. The van der Waals surface area contributed by atoms with Crippen molar-refractivity contribution < 1.29 is 18.0 Å². The Labute approximate surface area is 208 Å². The predicted octanol–water partition coefficient (Wildman–Crippen LogP) is 2.95. The molecule has 36 heavy (non-hydrogen) atoms. The zero-order valence-corrected chi connectivity index (χ0v) is 20.7. The molecule has 2 aliphatic carbocycles. The molecule has 0 radical (unpaired) electrons. The number of fused-ring (bicyclic) bond motifs is 1. The fourth-order valence-corrected chi connectivity index (χ4v) is 6.68. The van der Waals surface area contributed by atoms with Crippen molar-refractivity contribution in [3.63, 3.8) is 0 Å². The van der Waals surface area contributed by atoms with E-state index < -0.39 is 17.4 Å². The molecule has 1 aliphatic heterocycles. The highest BCUT2D eigenvalue weighted by Gasteiger charge is 2.45. The monoisotopic (exact) mass is 508 g/mol. The van der Waals surface area contributed by atoms with Gasteiger partial charge in [-0.15, -0.1) is 0 Å². The Kier molecular flexibility index (Phi) is 6.90. The first-order chi connectivity index (χ1) is 17.1. The number of rotatable bonds is 6. The Bertz CT molecular complexity index is 1160. The van der Waals surface area contributed by atoms with Gasteiger partial charge in [0.15, 0.2) is 0 Å². The van der Waals surface area contributed by atoms with Crippen molar-refractivity contribution in [2.75, 3.05) is 20.3 Å².